The van der Waals surface area contributed by atoms with Crippen molar-refractivity contribution in [2.24, 2.45) is 0 Å². The van der Waals surface area contributed by atoms with Gasteiger partial charge in [-0.2, -0.15) is 0 Å². The van der Waals surface area contributed by atoms with Gasteiger partial charge in [0.15, 0.2) is 5.82 Å². The fourth-order valence-electron chi connectivity index (χ4n) is 1.29. The molecular weight excluding hydrogens is 170 g/mol. The summed E-state index contributed by atoms with van der Waals surface area (Å²) in [5, 5.41) is 13.2. The molecule has 0 spiro atoms. The first kappa shape index (κ1) is 9.57. The van der Waals surface area contributed by atoms with Crippen LogP contribution in [0.25, 0.3) is 0 Å². The monoisotopic (exact) mass is 183 g/mol. The Bertz CT molecular complexity index is 238. The summed E-state index contributed by atoms with van der Waals surface area (Å²) in [5.41, 5.74) is 0. The lowest BCUT2D eigenvalue weighted by Crippen LogP contribution is -2.39. The van der Waals surface area contributed by atoms with E-state index < -0.39 is 4.92 Å². The van der Waals surface area contributed by atoms with Crippen molar-refractivity contribution >= 4 is 0 Å². The third-order valence-corrected chi connectivity index (χ3v) is 1.83. The summed E-state index contributed by atoms with van der Waals surface area (Å²) >= 11 is 0. The molecule has 72 valence electrons. The molecule has 5 nitrogen and oxygen atoms in total. The van der Waals surface area contributed by atoms with Crippen molar-refractivity contribution in [1.29, 1.82) is 0 Å². The van der Waals surface area contributed by atoms with Gasteiger partial charge in [-0.05, 0) is 6.42 Å². The van der Waals surface area contributed by atoms with Crippen LogP contribution >= 0.6 is 0 Å². The Balaban J connectivity index is 2.66. The molecule has 1 saturated heterocycles. The van der Waals surface area contributed by atoms with E-state index in [1.807, 2.05) is 4.90 Å². The second-order valence-corrected chi connectivity index (χ2v) is 2.81. The second-order valence-electron chi connectivity index (χ2n) is 2.81. The normalized spacial score (nSPS) is 19.7. The van der Waals surface area contributed by atoms with Crippen molar-refractivity contribution in [1.82, 2.24) is 10.2 Å². The molecule has 5 heteroatoms. The van der Waals surface area contributed by atoms with Crippen LogP contribution in [0, 0.1) is 10.1 Å². The maximum absolute atomic E-state index is 10.3. The highest BCUT2D eigenvalue weighted by molar-refractivity contribution is 4.99. The highest BCUT2D eigenvalue weighted by atomic mass is 16.6. The Morgan fingerprint density at radius 1 is 1.77 bits per heavy atom. The van der Waals surface area contributed by atoms with Crippen LogP contribution in [0.2, 0.25) is 0 Å². The van der Waals surface area contributed by atoms with Gasteiger partial charge in [-0.15, -0.1) is 6.58 Å². The molecule has 0 aliphatic carbocycles. The van der Waals surface area contributed by atoms with Gasteiger partial charge in [-0.1, -0.05) is 6.08 Å². The Labute approximate surface area is 76.9 Å². The smallest absolute Gasteiger partial charge is 0.274 e. The van der Waals surface area contributed by atoms with Gasteiger partial charge in [0.2, 0.25) is 0 Å². The molecule has 0 aromatic heterocycles. The first-order chi connectivity index (χ1) is 6.24. The van der Waals surface area contributed by atoms with E-state index in [1.54, 1.807) is 6.08 Å². The molecule has 1 aliphatic rings. The van der Waals surface area contributed by atoms with Crippen LogP contribution in [0.15, 0.2) is 24.7 Å². The Kier molecular flexibility index (Phi) is 3.31. The summed E-state index contributed by atoms with van der Waals surface area (Å²) in [5.74, 6) is 0.580. The van der Waals surface area contributed by atoms with E-state index in [0.717, 1.165) is 25.7 Å². The molecule has 1 fully saturated rings. The molecule has 0 radical (unpaired) electrons. The fourth-order valence-corrected chi connectivity index (χ4v) is 1.29. The van der Waals surface area contributed by atoms with Crippen LogP contribution < -0.4 is 5.32 Å². The minimum absolute atomic E-state index is 0.441. The molecule has 0 bridgehead atoms. The van der Waals surface area contributed by atoms with Gasteiger partial charge >= 0.3 is 0 Å². The van der Waals surface area contributed by atoms with Crippen LogP contribution in [0.3, 0.4) is 0 Å². The molecule has 0 atom stereocenters. The minimum atomic E-state index is -0.441. The Morgan fingerprint density at radius 3 is 3.15 bits per heavy atom. The van der Waals surface area contributed by atoms with Gasteiger partial charge in [0, 0.05) is 19.6 Å². The van der Waals surface area contributed by atoms with E-state index in [0.29, 0.717) is 12.4 Å². The average molecular weight is 183 g/mol. The van der Waals surface area contributed by atoms with Gasteiger partial charge in [-0.3, -0.25) is 10.1 Å². The summed E-state index contributed by atoms with van der Waals surface area (Å²) in [4.78, 5) is 11.7. The molecule has 0 aromatic carbocycles. The zero-order chi connectivity index (χ0) is 9.68. The van der Waals surface area contributed by atoms with E-state index in [4.69, 9.17) is 0 Å². The number of nitrogens with one attached hydrogen (secondary N) is 1. The van der Waals surface area contributed by atoms with E-state index >= 15 is 0 Å². The van der Waals surface area contributed by atoms with Crippen molar-refractivity contribution in [2.75, 3.05) is 19.6 Å². The zero-order valence-electron chi connectivity index (χ0n) is 7.40. The maximum atomic E-state index is 10.3. The van der Waals surface area contributed by atoms with Gasteiger partial charge in [0.25, 0.3) is 6.20 Å². The van der Waals surface area contributed by atoms with Crippen LogP contribution in [0.4, 0.5) is 0 Å². The summed E-state index contributed by atoms with van der Waals surface area (Å²) in [6.07, 6.45) is 3.74. The Morgan fingerprint density at radius 2 is 2.54 bits per heavy atom. The molecular formula is C8H13N3O2. The third kappa shape index (κ3) is 2.77. The summed E-state index contributed by atoms with van der Waals surface area (Å²) in [6, 6.07) is 0. The van der Waals surface area contributed by atoms with Crippen LogP contribution in [-0.4, -0.2) is 29.5 Å². The van der Waals surface area contributed by atoms with E-state index in [1.165, 1.54) is 0 Å². The molecule has 1 heterocycles. The Hall–Kier alpha value is -1.52. The molecule has 1 aliphatic heterocycles. The van der Waals surface area contributed by atoms with Crippen molar-refractivity contribution in [3.63, 3.8) is 0 Å². The summed E-state index contributed by atoms with van der Waals surface area (Å²) < 4.78 is 0. The first-order valence-electron chi connectivity index (χ1n) is 4.19. The van der Waals surface area contributed by atoms with Crippen molar-refractivity contribution in [3.8, 4) is 0 Å². The van der Waals surface area contributed by atoms with Gasteiger partial charge in [0.1, 0.15) is 0 Å². The first-order valence-corrected chi connectivity index (χ1v) is 4.19. The molecule has 13 heavy (non-hydrogen) atoms. The summed E-state index contributed by atoms with van der Waals surface area (Å²) in [7, 11) is 0. The highest BCUT2D eigenvalue weighted by Gasteiger charge is 2.15. The largest absolute Gasteiger partial charge is 0.367 e. The SMILES string of the molecule is C=CCN1CCCN/C1=C\[N+](=O)[O-]. The van der Waals surface area contributed by atoms with Crippen LogP contribution in [0.5, 0.6) is 0 Å². The van der Waals surface area contributed by atoms with Crippen molar-refractivity contribution < 1.29 is 4.92 Å². The molecule has 0 saturated carbocycles. The van der Waals surface area contributed by atoms with Crippen LogP contribution in [0.1, 0.15) is 6.42 Å². The van der Waals surface area contributed by atoms with Gasteiger partial charge in [0.05, 0.1) is 4.92 Å². The minimum Gasteiger partial charge on any atom is -0.367 e. The number of nitro groups is 1. The number of hydrogen-bond donors (Lipinski definition) is 1. The highest BCUT2D eigenvalue weighted by Crippen LogP contribution is 2.07. The fraction of sp³-hybridized carbons (Fsp3) is 0.500. The lowest BCUT2D eigenvalue weighted by atomic mass is 10.3. The maximum Gasteiger partial charge on any atom is 0.274 e. The molecule has 0 aromatic rings. The topological polar surface area (TPSA) is 58.4 Å². The lowest BCUT2D eigenvalue weighted by molar-refractivity contribution is -0.404. The van der Waals surface area contributed by atoms with E-state index in [-0.39, 0.29) is 0 Å². The van der Waals surface area contributed by atoms with Gasteiger partial charge < -0.3 is 10.2 Å². The van der Waals surface area contributed by atoms with Crippen molar-refractivity contribution in [2.45, 2.75) is 6.42 Å². The van der Waals surface area contributed by atoms with E-state index in [9.17, 15) is 10.1 Å². The number of nitrogens with zero attached hydrogens (tertiary/aromatic N) is 2. The molecule has 1 rings (SSSR count). The second kappa shape index (κ2) is 4.49. The van der Waals surface area contributed by atoms with Gasteiger partial charge in [-0.25, -0.2) is 0 Å². The van der Waals surface area contributed by atoms with Crippen molar-refractivity contribution in [3.05, 3.63) is 34.8 Å². The predicted octanol–water partition coefficient (Wildman–Crippen LogP) is 0.543. The zero-order valence-corrected chi connectivity index (χ0v) is 7.40. The molecule has 1 N–H and O–H groups in total. The third-order valence-electron chi connectivity index (χ3n) is 1.83. The number of rotatable bonds is 3. The van der Waals surface area contributed by atoms with E-state index in [2.05, 4.69) is 11.9 Å². The standard InChI is InChI=1S/C8H13N3O2/c1-2-5-10-6-3-4-9-8(10)7-11(12)13/h2,7,9H,1,3-6H2/b8-7+. The lowest BCUT2D eigenvalue weighted by Gasteiger charge is -2.29. The molecule has 0 unspecified atom stereocenters. The van der Waals surface area contributed by atoms with Crippen LogP contribution in [-0.2, 0) is 0 Å². The number of hydrogen-bond acceptors (Lipinski definition) is 4. The predicted molar refractivity (Wildman–Crippen MR) is 49.5 cm³/mol. The quantitative estimate of drug-likeness (QED) is 0.394. The average Bonchev–Trinajstić information content (AvgIpc) is 2.08. The molecule has 0 amide bonds. The summed E-state index contributed by atoms with van der Waals surface area (Å²) in [6.45, 7) is 5.89.